The number of H-pyrrole nitrogens is 1. The maximum Gasteiger partial charge on any atom is 0.255 e. The second kappa shape index (κ2) is 6.75. The molecule has 25 heavy (non-hydrogen) atoms. The maximum atomic E-state index is 12.5. The number of aromatic nitrogens is 4. The molecule has 0 spiro atoms. The summed E-state index contributed by atoms with van der Waals surface area (Å²) in [7, 11) is 0. The molecule has 136 valence electrons. The number of hydrogen-bond acceptors (Lipinski definition) is 4. The lowest BCUT2D eigenvalue weighted by molar-refractivity contribution is 0.240. The molecule has 0 aromatic carbocycles. The summed E-state index contributed by atoms with van der Waals surface area (Å²) in [6.45, 7) is 13.8. The van der Waals surface area contributed by atoms with Crippen LogP contribution in [0, 0.1) is 6.92 Å². The molecular weight excluding hydrogens is 314 g/mol. The topological polar surface area (TPSA) is 66.8 Å². The van der Waals surface area contributed by atoms with E-state index in [0.717, 1.165) is 55.3 Å². The van der Waals surface area contributed by atoms with E-state index in [4.69, 9.17) is 4.98 Å². The minimum atomic E-state index is -0.143. The number of aromatic amines is 1. The number of nitrogens with one attached hydrogen (secondary N) is 1. The van der Waals surface area contributed by atoms with Gasteiger partial charge in [-0.05, 0) is 13.3 Å². The number of rotatable bonds is 4. The fraction of sp³-hybridized carbons (Fsp3) is 0.632. The molecule has 2 aromatic rings. The van der Waals surface area contributed by atoms with Gasteiger partial charge in [-0.15, -0.1) is 0 Å². The molecule has 0 unspecified atom stereocenters. The van der Waals surface area contributed by atoms with Gasteiger partial charge in [-0.2, -0.15) is 5.10 Å². The third-order valence-corrected chi connectivity index (χ3v) is 4.75. The van der Waals surface area contributed by atoms with Crippen molar-refractivity contribution in [2.45, 2.75) is 72.5 Å². The first-order valence-corrected chi connectivity index (χ1v) is 9.15. The molecule has 0 atom stereocenters. The zero-order valence-electron chi connectivity index (χ0n) is 16.0. The Kier molecular flexibility index (Phi) is 4.82. The van der Waals surface area contributed by atoms with E-state index in [-0.39, 0.29) is 11.0 Å². The van der Waals surface area contributed by atoms with Crippen LogP contribution in [0.5, 0.6) is 0 Å². The van der Waals surface area contributed by atoms with Crippen LogP contribution < -0.4 is 5.56 Å². The molecule has 1 N–H and O–H groups in total. The van der Waals surface area contributed by atoms with E-state index < -0.39 is 0 Å². The normalized spacial score (nSPS) is 15.4. The Morgan fingerprint density at radius 3 is 2.76 bits per heavy atom. The van der Waals surface area contributed by atoms with Crippen LogP contribution in [0.25, 0.3) is 0 Å². The van der Waals surface area contributed by atoms with Gasteiger partial charge in [0.2, 0.25) is 0 Å². The van der Waals surface area contributed by atoms with Crippen molar-refractivity contribution >= 4 is 0 Å². The van der Waals surface area contributed by atoms with E-state index in [1.54, 1.807) is 0 Å². The van der Waals surface area contributed by atoms with E-state index in [0.29, 0.717) is 6.54 Å². The van der Waals surface area contributed by atoms with E-state index >= 15 is 0 Å². The van der Waals surface area contributed by atoms with Gasteiger partial charge in [0.25, 0.3) is 5.56 Å². The van der Waals surface area contributed by atoms with Crippen molar-refractivity contribution in [3.05, 3.63) is 44.9 Å². The summed E-state index contributed by atoms with van der Waals surface area (Å²) in [5.41, 5.74) is 3.97. The Morgan fingerprint density at radius 2 is 2.08 bits per heavy atom. The van der Waals surface area contributed by atoms with Crippen LogP contribution in [0.2, 0.25) is 0 Å². The minimum absolute atomic E-state index is 0.0121. The van der Waals surface area contributed by atoms with Gasteiger partial charge in [-0.3, -0.25) is 14.4 Å². The predicted molar refractivity (Wildman–Crippen MR) is 98.6 cm³/mol. The molecule has 2 aromatic heterocycles. The Bertz CT molecular complexity index is 812. The number of nitrogens with zero attached hydrogens (tertiary/aromatic N) is 4. The molecule has 0 fully saturated rings. The summed E-state index contributed by atoms with van der Waals surface area (Å²) >= 11 is 0. The molecule has 0 bridgehead atoms. The van der Waals surface area contributed by atoms with Gasteiger partial charge in [0.15, 0.2) is 0 Å². The summed E-state index contributed by atoms with van der Waals surface area (Å²) in [5, 5.41) is 4.58. The summed E-state index contributed by atoms with van der Waals surface area (Å²) in [4.78, 5) is 22.6. The van der Waals surface area contributed by atoms with Gasteiger partial charge >= 0.3 is 0 Å². The molecule has 1 aliphatic rings. The van der Waals surface area contributed by atoms with Crippen molar-refractivity contribution in [1.82, 2.24) is 24.6 Å². The van der Waals surface area contributed by atoms with Gasteiger partial charge < -0.3 is 4.98 Å². The van der Waals surface area contributed by atoms with Crippen LogP contribution in [-0.2, 0) is 31.5 Å². The van der Waals surface area contributed by atoms with Crippen molar-refractivity contribution in [1.29, 1.82) is 0 Å². The molecular formula is C19H29N5O. The fourth-order valence-corrected chi connectivity index (χ4v) is 3.27. The lowest BCUT2D eigenvalue weighted by Crippen LogP contribution is -2.37. The Hall–Kier alpha value is -1.95. The van der Waals surface area contributed by atoms with E-state index in [1.807, 2.05) is 4.68 Å². The first-order valence-electron chi connectivity index (χ1n) is 9.15. The average molecular weight is 343 g/mol. The van der Waals surface area contributed by atoms with E-state index in [9.17, 15) is 4.79 Å². The van der Waals surface area contributed by atoms with Crippen LogP contribution in [0.4, 0.5) is 0 Å². The van der Waals surface area contributed by atoms with Crippen molar-refractivity contribution < 1.29 is 0 Å². The van der Waals surface area contributed by atoms with Crippen LogP contribution in [0.3, 0.4) is 0 Å². The number of aryl methyl sites for hydroxylation is 2. The molecule has 6 heteroatoms. The van der Waals surface area contributed by atoms with Crippen LogP contribution in [0.15, 0.2) is 11.0 Å². The second-order valence-electron chi connectivity index (χ2n) is 8.05. The van der Waals surface area contributed by atoms with Gasteiger partial charge in [-0.25, -0.2) is 4.98 Å². The highest BCUT2D eigenvalue weighted by Gasteiger charge is 2.25. The summed E-state index contributed by atoms with van der Waals surface area (Å²) in [6.07, 6.45) is 4.04. The fourth-order valence-electron chi connectivity index (χ4n) is 3.27. The first-order chi connectivity index (χ1) is 11.8. The molecule has 3 rings (SSSR count). The van der Waals surface area contributed by atoms with Crippen molar-refractivity contribution in [2.24, 2.45) is 0 Å². The highest BCUT2D eigenvalue weighted by Crippen LogP contribution is 2.21. The lowest BCUT2D eigenvalue weighted by Gasteiger charge is -2.28. The SMILES string of the molecule is CCCn1cc(CN2CCc3nc(C(C)(C)C)[nH]c(=O)c3C2)c(C)n1. The Morgan fingerprint density at radius 1 is 1.32 bits per heavy atom. The van der Waals surface area contributed by atoms with Gasteiger partial charge in [0, 0.05) is 49.8 Å². The van der Waals surface area contributed by atoms with E-state index in [2.05, 4.69) is 55.8 Å². The average Bonchev–Trinajstić information content (AvgIpc) is 2.87. The molecule has 0 saturated carbocycles. The molecule has 0 radical (unpaired) electrons. The van der Waals surface area contributed by atoms with Crippen molar-refractivity contribution in [2.75, 3.05) is 6.54 Å². The molecule has 0 saturated heterocycles. The molecule has 0 amide bonds. The highest BCUT2D eigenvalue weighted by atomic mass is 16.1. The second-order valence-corrected chi connectivity index (χ2v) is 8.05. The predicted octanol–water partition coefficient (Wildman–Crippen LogP) is 2.54. The minimum Gasteiger partial charge on any atom is -0.310 e. The quantitative estimate of drug-likeness (QED) is 0.926. The smallest absolute Gasteiger partial charge is 0.255 e. The zero-order chi connectivity index (χ0) is 18.2. The maximum absolute atomic E-state index is 12.5. The molecule has 6 nitrogen and oxygen atoms in total. The molecule has 3 heterocycles. The van der Waals surface area contributed by atoms with Gasteiger partial charge in [0.05, 0.1) is 17.0 Å². The Labute approximate surface area is 149 Å². The number of hydrogen-bond donors (Lipinski definition) is 1. The summed E-state index contributed by atoms with van der Waals surface area (Å²) in [5.74, 6) is 0.779. The zero-order valence-corrected chi connectivity index (χ0v) is 16.0. The van der Waals surface area contributed by atoms with Gasteiger partial charge in [0.1, 0.15) is 5.82 Å². The third kappa shape index (κ3) is 3.84. The molecule has 0 aliphatic carbocycles. The number of fused-ring (bicyclic) bond motifs is 1. The largest absolute Gasteiger partial charge is 0.310 e. The highest BCUT2D eigenvalue weighted by molar-refractivity contribution is 5.23. The summed E-state index contributed by atoms with van der Waals surface area (Å²) in [6, 6.07) is 0. The third-order valence-electron chi connectivity index (χ3n) is 4.75. The Balaban J connectivity index is 1.79. The van der Waals surface area contributed by atoms with Crippen LogP contribution in [-0.4, -0.2) is 31.2 Å². The van der Waals surface area contributed by atoms with Gasteiger partial charge in [-0.1, -0.05) is 27.7 Å². The van der Waals surface area contributed by atoms with Crippen LogP contribution >= 0.6 is 0 Å². The first kappa shape index (κ1) is 17.9. The standard InChI is InChI=1S/C19H29N5O/c1-6-8-24-11-14(13(2)22-24)10-23-9-7-16-15(12-23)17(25)21-18(20-16)19(3,4)5/h11H,6-10,12H2,1-5H3,(H,20,21,25). The monoisotopic (exact) mass is 343 g/mol. The molecule has 1 aliphatic heterocycles. The lowest BCUT2D eigenvalue weighted by atomic mass is 9.95. The van der Waals surface area contributed by atoms with Crippen LogP contribution in [0.1, 0.15) is 62.5 Å². The van der Waals surface area contributed by atoms with Crippen molar-refractivity contribution in [3.8, 4) is 0 Å². The summed E-state index contributed by atoms with van der Waals surface area (Å²) < 4.78 is 2.02. The van der Waals surface area contributed by atoms with E-state index in [1.165, 1.54) is 5.56 Å². The van der Waals surface area contributed by atoms with Crippen molar-refractivity contribution in [3.63, 3.8) is 0 Å².